The Morgan fingerprint density at radius 1 is 1.28 bits per heavy atom. The van der Waals surface area contributed by atoms with E-state index >= 15 is 0 Å². The minimum absolute atomic E-state index is 0.0425. The zero-order valence-corrected chi connectivity index (χ0v) is 12.7. The van der Waals surface area contributed by atoms with Gasteiger partial charge in [-0.3, -0.25) is 9.18 Å². The normalized spacial score (nSPS) is 12.7. The molecule has 0 spiro atoms. The van der Waals surface area contributed by atoms with Crippen LogP contribution in [0.3, 0.4) is 0 Å². The van der Waals surface area contributed by atoms with Gasteiger partial charge in [-0.2, -0.15) is 0 Å². The summed E-state index contributed by atoms with van der Waals surface area (Å²) >= 11 is 1.66. The lowest BCUT2D eigenvalue weighted by molar-refractivity contribution is -0.144. The zero-order chi connectivity index (χ0) is 13.8. The van der Waals surface area contributed by atoms with Crippen molar-refractivity contribution in [2.45, 2.75) is 58.1 Å². The lowest BCUT2D eigenvalue weighted by Crippen LogP contribution is -2.22. The number of esters is 1. The Balaban J connectivity index is 3.85. The fourth-order valence-electron chi connectivity index (χ4n) is 1.47. The maximum atomic E-state index is 11.9. The van der Waals surface area contributed by atoms with Gasteiger partial charge >= 0.3 is 5.97 Å². The average molecular weight is 278 g/mol. The zero-order valence-electron chi connectivity index (χ0n) is 11.9. The van der Waals surface area contributed by atoms with Gasteiger partial charge in [0.1, 0.15) is 5.25 Å². The van der Waals surface area contributed by atoms with Gasteiger partial charge in [-0.15, -0.1) is 11.8 Å². The highest BCUT2D eigenvalue weighted by molar-refractivity contribution is 8.00. The van der Waals surface area contributed by atoms with Crippen molar-refractivity contribution in [3.05, 3.63) is 0 Å². The number of ether oxygens (including phenoxy) is 1. The minimum atomic E-state index is -0.237. The second-order valence-electron chi connectivity index (χ2n) is 4.92. The van der Waals surface area contributed by atoms with Crippen LogP contribution < -0.4 is 0 Å². The molecular formula is C14H27FO2S. The molecule has 0 amide bonds. The summed E-state index contributed by atoms with van der Waals surface area (Å²) in [5.41, 5.74) is 0. The van der Waals surface area contributed by atoms with E-state index in [2.05, 4.69) is 6.92 Å². The molecule has 0 radical (unpaired) electrons. The first-order chi connectivity index (χ1) is 8.61. The number of hydrogen-bond acceptors (Lipinski definition) is 3. The maximum absolute atomic E-state index is 11.9. The Morgan fingerprint density at radius 3 is 2.56 bits per heavy atom. The molecule has 0 aliphatic heterocycles. The summed E-state index contributed by atoms with van der Waals surface area (Å²) in [7, 11) is 0. The van der Waals surface area contributed by atoms with Gasteiger partial charge in [0.15, 0.2) is 0 Å². The fraction of sp³-hybridized carbons (Fsp3) is 0.929. The Kier molecular flexibility index (Phi) is 11.7. The summed E-state index contributed by atoms with van der Waals surface area (Å²) in [5, 5.41) is -0.0425. The van der Waals surface area contributed by atoms with Crippen LogP contribution in [0.25, 0.3) is 0 Å². The number of unbranched alkanes of at least 4 members (excludes halogenated alkanes) is 2. The molecule has 0 bridgehead atoms. The van der Waals surface area contributed by atoms with E-state index in [9.17, 15) is 9.18 Å². The van der Waals surface area contributed by atoms with E-state index in [0.717, 1.165) is 31.4 Å². The number of carbonyl (C=O) groups is 1. The molecule has 0 aliphatic carbocycles. The molecule has 2 nitrogen and oxygen atoms in total. The van der Waals surface area contributed by atoms with Crippen molar-refractivity contribution in [1.82, 2.24) is 0 Å². The molecule has 0 aromatic carbocycles. The van der Waals surface area contributed by atoms with E-state index in [0.29, 0.717) is 18.9 Å². The molecule has 0 fully saturated rings. The van der Waals surface area contributed by atoms with Crippen LogP contribution in [-0.4, -0.2) is 30.3 Å². The molecule has 1 atom stereocenters. The molecule has 0 aromatic heterocycles. The van der Waals surface area contributed by atoms with Crippen molar-refractivity contribution in [2.75, 3.05) is 19.0 Å². The van der Waals surface area contributed by atoms with Gasteiger partial charge in [0.2, 0.25) is 0 Å². The molecular weight excluding hydrogens is 251 g/mol. The molecule has 0 N–H and O–H groups in total. The van der Waals surface area contributed by atoms with Crippen molar-refractivity contribution in [1.29, 1.82) is 0 Å². The Labute approximate surface area is 115 Å². The first-order valence-corrected chi connectivity index (χ1v) is 8.00. The number of carbonyl (C=O) groups excluding carboxylic acids is 1. The fourth-order valence-corrected chi connectivity index (χ4v) is 2.73. The molecule has 0 rings (SSSR count). The van der Waals surface area contributed by atoms with Gasteiger partial charge in [0, 0.05) is 0 Å². The standard InChI is InChI=1S/C14H27FO2S/c1-4-8-13(14(16)17-11-12(2)3)18-10-7-5-6-9-15/h12-13H,4-11H2,1-3H3. The van der Waals surface area contributed by atoms with Crippen LogP contribution in [-0.2, 0) is 9.53 Å². The number of hydrogen-bond donors (Lipinski definition) is 0. The average Bonchev–Trinajstić information content (AvgIpc) is 2.34. The third kappa shape index (κ3) is 9.75. The van der Waals surface area contributed by atoms with Crippen LogP contribution in [0.2, 0.25) is 0 Å². The second kappa shape index (κ2) is 11.8. The van der Waals surface area contributed by atoms with Crippen molar-refractivity contribution < 1.29 is 13.9 Å². The van der Waals surface area contributed by atoms with E-state index in [1.807, 2.05) is 13.8 Å². The smallest absolute Gasteiger partial charge is 0.319 e. The Hall–Kier alpha value is -0.250. The molecule has 0 aliphatic rings. The molecule has 0 saturated heterocycles. The molecule has 4 heteroatoms. The van der Waals surface area contributed by atoms with E-state index in [-0.39, 0.29) is 17.9 Å². The quantitative estimate of drug-likeness (QED) is 0.418. The molecule has 0 aromatic rings. The van der Waals surface area contributed by atoms with Gasteiger partial charge in [0.25, 0.3) is 0 Å². The summed E-state index contributed by atoms with van der Waals surface area (Å²) in [4.78, 5) is 11.9. The summed E-state index contributed by atoms with van der Waals surface area (Å²) in [6.45, 7) is 6.41. The highest BCUT2D eigenvalue weighted by Gasteiger charge is 2.19. The predicted octanol–water partition coefficient (Wildman–Crippen LogP) is 4.23. The highest BCUT2D eigenvalue weighted by Crippen LogP contribution is 2.20. The van der Waals surface area contributed by atoms with Gasteiger partial charge in [-0.1, -0.05) is 33.6 Å². The Bertz CT molecular complexity index is 210. The van der Waals surface area contributed by atoms with Crippen LogP contribution in [0.1, 0.15) is 52.9 Å². The SMILES string of the molecule is CCCC(SCCCCCF)C(=O)OCC(C)C. The molecule has 108 valence electrons. The van der Waals surface area contributed by atoms with Gasteiger partial charge in [-0.05, 0) is 30.9 Å². The molecule has 0 heterocycles. The highest BCUT2D eigenvalue weighted by atomic mass is 32.2. The van der Waals surface area contributed by atoms with Crippen LogP contribution in [0, 0.1) is 5.92 Å². The third-order valence-electron chi connectivity index (χ3n) is 2.47. The van der Waals surface area contributed by atoms with Crippen LogP contribution in [0.4, 0.5) is 4.39 Å². The predicted molar refractivity (Wildman–Crippen MR) is 76.8 cm³/mol. The largest absolute Gasteiger partial charge is 0.465 e. The maximum Gasteiger partial charge on any atom is 0.319 e. The van der Waals surface area contributed by atoms with E-state index < -0.39 is 0 Å². The number of rotatable bonds is 11. The van der Waals surface area contributed by atoms with Crippen LogP contribution in [0.5, 0.6) is 0 Å². The first kappa shape index (κ1) is 17.8. The van der Waals surface area contributed by atoms with Crippen molar-refractivity contribution >= 4 is 17.7 Å². The lowest BCUT2D eigenvalue weighted by Gasteiger charge is -2.15. The monoisotopic (exact) mass is 278 g/mol. The lowest BCUT2D eigenvalue weighted by atomic mass is 10.2. The van der Waals surface area contributed by atoms with Crippen LogP contribution >= 0.6 is 11.8 Å². The summed E-state index contributed by atoms with van der Waals surface area (Å²) < 4.78 is 17.2. The van der Waals surface area contributed by atoms with Gasteiger partial charge in [-0.25, -0.2) is 0 Å². The summed E-state index contributed by atoms with van der Waals surface area (Å²) in [6, 6.07) is 0. The number of halogens is 1. The number of alkyl halides is 1. The first-order valence-electron chi connectivity index (χ1n) is 6.96. The molecule has 18 heavy (non-hydrogen) atoms. The van der Waals surface area contributed by atoms with Crippen LogP contribution in [0.15, 0.2) is 0 Å². The molecule has 1 unspecified atom stereocenters. The van der Waals surface area contributed by atoms with E-state index in [1.165, 1.54) is 0 Å². The van der Waals surface area contributed by atoms with Crippen molar-refractivity contribution in [2.24, 2.45) is 5.92 Å². The molecule has 0 saturated carbocycles. The summed E-state index contributed by atoms with van der Waals surface area (Å²) in [5.74, 6) is 1.22. The van der Waals surface area contributed by atoms with Gasteiger partial charge in [0.05, 0.1) is 13.3 Å². The number of thioether (sulfide) groups is 1. The second-order valence-corrected chi connectivity index (χ2v) is 6.23. The minimum Gasteiger partial charge on any atom is -0.465 e. The van der Waals surface area contributed by atoms with Crippen molar-refractivity contribution in [3.8, 4) is 0 Å². The van der Waals surface area contributed by atoms with E-state index in [4.69, 9.17) is 4.74 Å². The Morgan fingerprint density at radius 2 is 2.00 bits per heavy atom. The third-order valence-corrected chi connectivity index (χ3v) is 3.82. The topological polar surface area (TPSA) is 26.3 Å². The van der Waals surface area contributed by atoms with Crippen molar-refractivity contribution in [3.63, 3.8) is 0 Å². The summed E-state index contributed by atoms with van der Waals surface area (Å²) in [6.07, 6.45) is 4.37. The van der Waals surface area contributed by atoms with Gasteiger partial charge < -0.3 is 4.74 Å². The van der Waals surface area contributed by atoms with E-state index in [1.54, 1.807) is 11.8 Å².